The molecule has 0 heterocycles. The number of rotatable bonds is 5. The van der Waals surface area contributed by atoms with Gasteiger partial charge in [0.2, 0.25) is 0 Å². The van der Waals surface area contributed by atoms with Crippen LogP contribution in [0.3, 0.4) is 0 Å². The van der Waals surface area contributed by atoms with Gasteiger partial charge in [-0.3, -0.25) is 11.3 Å². The molecule has 0 aromatic heterocycles. The van der Waals surface area contributed by atoms with Crippen molar-refractivity contribution in [1.82, 2.24) is 5.43 Å². The molecule has 0 aliphatic rings. The summed E-state index contributed by atoms with van der Waals surface area (Å²) in [5.74, 6) is 11.3. The van der Waals surface area contributed by atoms with Crippen LogP contribution in [0.1, 0.15) is 39.2 Å². The van der Waals surface area contributed by atoms with Crippen molar-refractivity contribution in [2.24, 2.45) is 5.84 Å². The summed E-state index contributed by atoms with van der Waals surface area (Å²) in [6.45, 7) is 6.03. The molecular weight excluding hydrogens is 227 g/mol. The lowest BCUT2D eigenvalue weighted by Gasteiger charge is -2.34. The minimum atomic E-state index is -0.219. The molecule has 0 amide bonds. The minimum Gasteiger partial charge on any atom is -0.271 e. The zero-order valence-corrected chi connectivity index (χ0v) is 11.3. The van der Waals surface area contributed by atoms with E-state index in [1.165, 1.54) is 12.1 Å². The molecule has 3 N–H and O–H groups in total. The van der Waals surface area contributed by atoms with Crippen molar-refractivity contribution in [3.63, 3.8) is 0 Å². The fourth-order valence-electron chi connectivity index (χ4n) is 2.07. The standard InChI is InChI=1S/C15H21FN2/c1-4-5-6-7-14(18-17)15(2,3)12-8-10-13(16)11-9-12/h8-11,14,18H,6-7,17H2,1-3H3. The number of benzene rings is 1. The van der Waals surface area contributed by atoms with Crippen LogP contribution in [-0.2, 0) is 5.41 Å². The third kappa shape index (κ3) is 3.56. The molecule has 1 atom stereocenters. The van der Waals surface area contributed by atoms with Gasteiger partial charge in [-0.1, -0.05) is 26.0 Å². The highest BCUT2D eigenvalue weighted by atomic mass is 19.1. The fourth-order valence-corrected chi connectivity index (χ4v) is 2.07. The van der Waals surface area contributed by atoms with Crippen LogP contribution >= 0.6 is 0 Å². The lowest BCUT2D eigenvalue weighted by molar-refractivity contribution is 0.328. The molecule has 18 heavy (non-hydrogen) atoms. The minimum absolute atomic E-state index is 0.101. The maximum Gasteiger partial charge on any atom is 0.123 e. The first kappa shape index (κ1) is 14.7. The number of hydrazine groups is 1. The molecule has 0 bridgehead atoms. The third-order valence-corrected chi connectivity index (χ3v) is 3.40. The first-order valence-corrected chi connectivity index (χ1v) is 6.14. The lowest BCUT2D eigenvalue weighted by Crippen LogP contribution is -2.48. The Labute approximate surface area is 109 Å². The van der Waals surface area contributed by atoms with Crippen molar-refractivity contribution >= 4 is 0 Å². The van der Waals surface area contributed by atoms with E-state index in [2.05, 4.69) is 31.1 Å². The molecule has 0 spiro atoms. The monoisotopic (exact) mass is 248 g/mol. The Kier molecular flexibility index (Phi) is 5.33. The maximum atomic E-state index is 12.9. The van der Waals surface area contributed by atoms with E-state index in [4.69, 9.17) is 5.84 Å². The predicted molar refractivity (Wildman–Crippen MR) is 73.2 cm³/mol. The quantitative estimate of drug-likeness (QED) is 0.478. The molecule has 1 aromatic carbocycles. The third-order valence-electron chi connectivity index (χ3n) is 3.40. The molecule has 1 aromatic rings. The second-order valence-electron chi connectivity index (χ2n) is 4.91. The van der Waals surface area contributed by atoms with Gasteiger partial charge >= 0.3 is 0 Å². The van der Waals surface area contributed by atoms with E-state index in [0.29, 0.717) is 0 Å². The predicted octanol–water partition coefficient (Wildman–Crippen LogP) is 2.74. The first-order chi connectivity index (χ1) is 8.52. The summed E-state index contributed by atoms with van der Waals surface area (Å²) in [5, 5.41) is 0. The molecule has 0 fully saturated rings. The van der Waals surface area contributed by atoms with Gasteiger partial charge in [-0.2, -0.15) is 0 Å². The summed E-state index contributed by atoms with van der Waals surface area (Å²) in [6, 6.07) is 6.69. The maximum absolute atomic E-state index is 12.9. The van der Waals surface area contributed by atoms with Crippen LogP contribution in [0.25, 0.3) is 0 Å². The van der Waals surface area contributed by atoms with Crippen molar-refractivity contribution in [2.45, 2.75) is 45.1 Å². The number of nitrogens with one attached hydrogen (secondary N) is 1. The summed E-state index contributed by atoms with van der Waals surface area (Å²) in [4.78, 5) is 0. The van der Waals surface area contributed by atoms with Crippen molar-refractivity contribution in [2.75, 3.05) is 0 Å². The second kappa shape index (κ2) is 6.53. The van der Waals surface area contributed by atoms with Crippen molar-refractivity contribution in [3.05, 3.63) is 35.6 Å². The summed E-state index contributed by atoms with van der Waals surface area (Å²) in [6.07, 6.45) is 1.66. The highest BCUT2D eigenvalue weighted by Gasteiger charge is 2.30. The van der Waals surface area contributed by atoms with E-state index < -0.39 is 0 Å². The molecule has 0 aliphatic carbocycles. The Hall–Kier alpha value is -1.37. The van der Waals surface area contributed by atoms with Gasteiger partial charge < -0.3 is 0 Å². The van der Waals surface area contributed by atoms with E-state index in [0.717, 1.165) is 18.4 Å². The summed E-state index contributed by atoms with van der Waals surface area (Å²) in [5.41, 5.74) is 3.75. The van der Waals surface area contributed by atoms with Crippen LogP contribution in [0.5, 0.6) is 0 Å². The molecule has 0 aliphatic heterocycles. The molecule has 0 radical (unpaired) electrons. The SMILES string of the molecule is CC#CCCC(NN)C(C)(C)c1ccc(F)cc1. The van der Waals surface area contributed by atoms with Crippen molar-refractivity contribution in [3.8, 4) is 11.8 Å². The smallest absolute Gasteiger partial charge is 0.123 e. The molecule has 1 rings (SSSR count). The average molecular weight is 248 g/mol. The van der Waals surface area contributed by atoms with E-state index in [9.17, 15) is 4.39 Å². The number of nitrogens with two attached hydrogens (primary N) is 1. The number of halogens is 1. The Morgan fingerprint density at radius 1 is 1.33 bits per heavy atom. The zero-order chi connectivity index (χ0) is 13.6. The molecule has 2 nitrogen and oxygen atoms in total. The molecule has 0 saturated carbocycles. The normalized spacial score (nSPS) is 12.7. The molecule has 1 unspecified atom stereocenters. The van der Waals surface area contributed by atoms with Gasteiger partial charge in [-0.25, -0.2) is 4.39 Å². The van der Waals surface area contributed by atoms with Gasteiger partial charge in [-0.15, -0.1) is 11.8 Å². The Bertz CT molecular complexity index is 426. The van der Waals surface area contributed by atoms with Crippen LogP contribution in [-0.4, -0.2) is 6.04 Å². The van der Waals surface area contributed by atoms with Crippen LogP contribution in [0, 0.1) is 17.7 Å². The molecule has 98 valence electrons. The van der Waals surface area contributed by atoms with Gasteiger partial charge in [0.1, 0.15) is 5.82 Å². The highest BCUT2D eigenvalue weighted by molar-refractivity contribution is 5.26. The van der Waals surface area contributed by atoms with Gasteiger partial charge in [0, 0.05) is 17.9 Å². The largest absolute Gasteiger partial charge is 0.271 e. The molecule has 3 heteroatoms. The Balaban J connectivity index is 2.86. The van der Waals surface area contributed by atoms with Crippen LogP contribution < -0.4 is 11.3 Å². The number of hydrogen-bond donors (Lipinski definition) is 2. The van der Waals surface area contributed by atoms with Crippen molar-refractivity contribution in [1.29, 1.82) is 0 Å². The fraction of sp³-hybridized carbons (Fsp3) is 0.467. The van der Waals surface area contributed by atoms with E-state index in [1.807, 2.05) is 19.1 Å². The molecular formula is C15H21FN2. The molecule has 0 saturated heterocycles. The second-order valence-corrected chi connectivity index (χ2v) is 4.91. The van der Waals surface area contributed by atoms with Crippen LogP contribution in [0.4, 0.5) is 4.39 Å². The van der Waals surface area contributed by atoms with Gasteiger partial charge in [-0.05, 0) is 31.0 Å². The van der Waals surface area contributed by atoms with Crippen LogP contribution in [0.15, 0.2) is 24.3 Å². The summed E-state index contributed by atoms with van der Waals surface area (Å²) in [7, 11) is 0. The van der Waals surface area contributed by atoms with E-state index >= 15 is 0 Å². The van der Waals surface area contributed by atoms with E-state index in [1.54, 1.807) is 0 Å². The highest BCUT2D eigenvalue weighted by Crippen LogP contribution is 2.29. The van der Waals surface area contributed by atoms with Crippen molar-refractivity contribution < 1.29 is 4.39 Å². The van der Waals surface area contributed by atoms with Gasteiger partial charge in [0.15, 0.2) is 0 Å². The average Bonchev–Trinajstić information content (AvgIpc) is 2.35. The Morgan fingerprint density at radius 2 is 1.94 bits per heavy atom. The van der Waals surface area contributed by atoms with Crippen LogP contribution in [0.2, 0.25) is 0 Å². The van der Waals surface area contributed by atoms with E-state index in [-0.39, 0.29) is 17.3 Å². The lowest BCUT2D eigenvalue weighted by atomic mass is 9.76. The zero-order valence-electron chi connectivity index (χ0n) is 11.3. The first-order valence-electron chi connectivity index (χ1n) is 6.14. The number of hydrogen-bond acceptors (Lipinski definition) is 2. The Morgan fingerprint density at radius 3 is 2.44 bits per heavy atom. The van der Waals surface area contributed by atoms with Gasteiger partial charge in [0.25, 0.3) is 0 Å². The van der Waals surface area contributed by atoms with Gasteiger partial charge in [0.05, 0.1) is 0 Å². The topological polar surface area (TPSA) is 38.0 Å². The summed E-state index contributed by atoms with van der Waals surface area (Å²) < 4.78 is 12.9. The summed E-state index contributed by atoms with van der Waals surface area (Å²) >= 11 is 0.